The second kappa shape index (κ2) is 8.18. The van der Waals surface area contributed by atoms with E-state index >= 15 is 0 Å². The smallest absolute Gasteiger partial charge is 0.269 e. The summed E-state index contributed by atoms with van der Waals surface area (Å²) in [6, 6.07) is 18.3. The lowest BCUT2D eigenvalue weighted by Gasteiger charge is -2.34. The van der Waals surface area contributed by atoms with E-state index < -0.39 is 4.92 Å². The van der Waals surface area contributed by atoms with Crippen molar-refractivity contribution < 1.29 is 19.2 Å². The highest BCUT2D eigenvalue weighted by Gasteiger charge is 2.34. The highest BCUT2D eigenvalue weighted by molar-refractivity contribution is 6.15. The molecule has 7 nitrogen and oxygen atoms in total. The minimum Gasteiger partial charge on any atom is -0.477 e. The monoisotopic (exact) mass is 442 g/mol. The number of ether oxygens (including phenoxy) is 2. The van der Waals surface area contributed by atoms with Gasteiger partial charge in [0.15, 0.2) is 5.76 Å². The number of fused-ring (bicyclic) bond motifs is 2. The number of rotatable bonds is 4. The quantitative estimate of drug-likeness (QED) is 0.304. The maximum Gasteiger partial charge on any atom is 0.269 e. The van der Waals surface area contributed by atoms with E-state index in [2.05, 4.69) is 24.0 Å². The first-order valence-corrected chi connectivity index (χ1v) is 10.7. The van der Waals surface area contributed by atoms with Crippen LogP contribution in [0.2, 0.25) is 0 Å². The lowest BCUT2D eigenvalue weighted by atomic mass is 9.99. The number of nitrogens with zero attached hydrogens (tertiary/aromatic N) is 2. The Bertz CT molecular complexity index is 1280. The Morgan fingerprint density at radius 1 is 1.09 bits per heavy atom. The number of Topliss-reactive ketones (excluding diaryl/α,β-unsaturated/α-hetero) is 1. The zero-order chi connectivity index (χ0) is 23.1. The Morgan fingerprint density at radius 2 is 1.82 bits per heavy atom. The molecule has 2 aliphatic heterocycles. The van der Waals surface area contributed by atoms with Gasteiger partial charge in [-0.25, -0.2) is 0 Å². The fourth-order valence-corrected chi connectivity index (χ4v) is 4.30. The van der Waals surface area contributed by atoms with Gasteiger partial charge in [-0.2, -0.15) is 0 Å². The van der Waals surface area contributed by atoms with Crippen LogP contribution >= 0.6 is 0 Å². The zero-order valence-corrected chi connectivity index (χ0v) is 18.3. The Kier molecular flexibility index (Phi) is 5.18. The van der Waals surface area contributed by atoms with Gasteiger partial charge in [0.05, 0.1) is 10.5 Å². The summed E-state index contributed by atoms with van der Waals surface area (Å²) in [6.07, 6.45) is 1.61. The molecule has 0 aliphatic carbocycles. The minimum absolute atomic E-state index is 0.00550. The third-order valence-electron chi connectivity index (χ3n) is 6.20. The van der Waals surface area contributed by atoms with Crippen LogP contribution in [0.3, 0.4) is 0 Å². The zero-order valence-electron chi connectivity index (χ0n) is 18.3. The van der Waals surface area contributed by atoms with Crippen LogP contribution in [-0.2, 0) is 6.54 Å². The van der Waals surface area contributed by atoms with E-state index in [-0.39, 0.29) is 23.3 Å². The molecule has 0 amide bonds. The average Bonchev–Trinajstić information content (AvgIpc) is 3.14. The number of nitro groups is 1. The Balaban J connectivity index is 1.42. The first-order valence-electron chi connectivity index (χ1n) is 10.7. The number of allylic oxidation sites excluding steroid dienone is 1. The first kappa shape index (κ1) is 20.9. The van der Waals surface area contributed by atoms with Crippen LogP contribution in [0.1, 0.15) is 45.6 Å². The summed E-state index contributed by atoms with van der Waals surface area (Å²) in [5.74, 6) is 1.26. The summed E-state index contributed by atoms with van der Waals surface area (Å²) in [7, 11) is 0. The van der Waals surface area contributed by atoms with Crippen molar-refractivity contribution in [2.24, 2.45) is 0 Å². The van der Waals surface area contributed by atoms with Gasteiger partial charge in [-0.05, 0) is 49.2 Å². The van der Waals surface area contributed by atoms with Gasteiger partial charge in [-0.3, -0.25) is 19.8 Å². The van der Waals surface area contributed by atoms with Crippen molar-refractivity contribution in [2.45, 2.75) is 26.4 Å². The predicted molar refractivity (Wildman–Crippen MR) is 123 cm³/mol. The van der Waals surface area contributed by atoms with E-state index in [1.165, 1.54) is 17.7 Å². The summed E-state index contributed by atoms with van der Waals surface area (Å²) < 4.78 is 12.0. The van der Waals surface area contributed by atoms with Crippen LogP contribution in [0.15, 0.2) is 66.4 Å². The Labute approximate surface area is 191 Å². The second-order valence-corrected chi connectivity index (χ2v) is 8.26. The molecule has 2 heterocycles. The number of carbonyl (C=O) groups is 1. The van der Waals surface area contributed by atoms with Crippen molar-refractivity contribution in [3.63, 3.8) is 0 Å². The van der Waals surface area contributed by atoms with Gasteiger partial charge in [0, 0.05) is 35.8 Å². The highest BCUT2D eigenvalue weighted by Crippen LogP contribution is 2.44. The number of nitro benzene ring substituents is 1. The molecule has 166 valence electrons. The van der Waals surface area contributed by atoms with Crippen molar-refractivity contribution >= 4 is 17.5 Å². The SMILES string of the molecule is Cc1c2c(cc3c1O/C(=C\c1ccc([N+](=O)[O-])cc1)C3=O)CN(C(C)c1ccccc1)CO2. The molecule has 33 heavy (non-hydrogen) atoms. The number of carbonyl (C=O) groups excluding carboxylic acids is 1. The molecule has 0 saturated heterocycles. The van der Waals surface area contributed by atoms with E-state index in [0.717, 1.165) is 16.9 Å². The largest absolute Gasteiger partial charge is 0.477 e. The Hall–Kier alpha value is -3.97. The maximum absolute atomic E-state index is 13.1. The lowest BCUT2D eigenvalue weighted by Crippen LogP contribution is -2.34. The summed E-state index contributed by atoms with van der Waals surface area (Å²) in [4.78, 5) is 25.7. The highest BCUT2D eigenvalue weighted by atomic mass is 16.6. The predicted octanol–water partition coefficient (Wildman–Crippen LogP) is 5.43. The average molecular weight is 442 g/mol. The summed E-state index contributed by atoms with van der Waals surface area (Å²) in [6.45, 7) is 5.15. The molecule has 0 bridgehead atoms. The molecule has 1 unspecified atom stereocenters. The number of non-ortho nitro benzene ring substituents is 1. The number of ketones is 1. The lowest BCUT2D eigenvalue weighted by molar-refractivity contribution is -0.384. The molecular weight excluding hydrogens is 420 g/mol. The van der Waals surface area contributed by atoms with Crippen molar-refractivity contribution in [3.05, 3.63) is 104 Å². The Morgan fingerprint density at radius 3 is 2.52 bits per heavy atom. The van der Waals surface area contributed by atoms with Crippen molar-refractivity contribution in [1.29, 1.82) is 0 Å². The van der Waals surface area contributed by atoms with E-state index in [0.29, 0.717) is 30.2 Å². The fraction of sp³-hybridized carbons (Fsp3) is 0.192. The van der Waals surface area contributed by atoms with Crippen molar-refractivity contribution in [1.82, 2.24) is 4.90 Å². The topological polar surface area (TPSA) is 81.9 Å². The molecular formula is C26H22N2O5. The normalized spacial score (nSPS) is 17.2. The molecule has 1 atom stereocenters. The molecule has 3 aromatic carbocycles. The first-order chi connectivity index (χ1) is 15.9. The van der Waals surface area contributed by atoms with Crippen LogP contribution in [0.25, 0.3) is 6.08 Å². The summed E-state index contributed by atoms with van der Waals surface area (Å²) in [5, 5.41) is 10.9. The van der Waals surface area contributed by atoms with Gasteiger partial charge in [0.25, 0.3) is 5.69 Å². The van der Waals surface area contributed by atoms with Crippen molar-refractivity contribution in [2.75, 3.05) is 6.73 Å². The number of hydrogen-bond acceptors (Lipinski definition) is 6. The van der Waals surface area contributed by atoms with Crippen molar-refractivity contribution in [3.8, 4) is 11.5 Å². The number of hydrogen-bond donors (Lipinski definition) is 0. The number of benzene rings is 3. The van der Waals surface area contributed by atoms with E-state index in [1.807, 2.05) is 31.2 Å². The third-order valence-corrected chi connectivity index (χ3v) is 6.20. The van der Waals surface area contributed by atoms with Gasteiger partial charge in [-0.15, -0.1) is 0 Å². The molecule has 0 N–H and O–H groups in total. The molecule has 3 aromatic rings. The second-order valence-electron chi connectivity index (χ2n) is 8.26. The van der Waals surface area contributed by atoms with Gasteiger partial charge in [0.1, 0.15) is 18.2 Å². The van der Waals surface area contributed by atoms with E-state index in [9.17, 15) is 14.9 Å². The van der Waals surface area contributed by atoms with Gasteiger partial charge in [0.2, 0.25) is 5.78 Å². The van der Waals surface area contributed by atoms with E-state index in [1.54, 1.807) is 18.2 Å². The van der Waals surface area contributed by atoms with Gasteiger partial charge < -0.3 is 9.47 Å². The standard InChI is InChI=1S/C26H22N2O5/c1-16-25-20(14-27(15-32-25)17(2)19-6-4-3-5-7-19)13-22-24(29)23(33-26(16)22)12-18-8-10-21(11-9-18)28(30)31/h3-13,17H,14-15H2,1-2H3/b23-12-. The molecule has 5 rings (SSSR count). The van der Waals surface area contributed by atoms with Crippen LogP contribution in [0, 0.1) is 17.0 Å². The van der Waals surface area contributed by atoms with Crippen LogP contribution < -0.4 is 9.47 Å². The molecule has 2 aliphatic rings. The maximum atomic E-state index is 13.1. The van der Waals surface area contributed by atoms with Crippen LogP contribution in [0.5, 0.6) is 11.5 Å². The third kappa shape index (κ3) is 3.76. The van der Waals surface area contributed by atoms with E-state index in [4.69, 9.17) is 9.47 Å². The molecule has 0 aromatic heterocycles. The summed E-state index contributed by atoms with van der Waals surface area (Å²) in [5.41, 5.74) is 4.11. The molecule has 0 radical (unpaired) electrons. The van der Waals surface area contributed by atoms with Crippen LogP contribution in [0.4, 0.5) is 5.69 Å². The minimum atomic E-state index is -0.459. The molecule has 7 heteroatoms. The van der Waals surface area contributed by atoms with Gasteiger partial charge >= 0.3 is 0 Å². The molecule has 0 spiro atoms. The van der Waals surface area contributed by atoms with Crippen LogP contribution in [-0.4, -0.2) is 22.3 Å². The fourth-order valence-electron chi connectivity index (χ4n) is 4.30. The molecule has 0 saturated carbocycles. The van der Waals surface area contributed by atoms with Gasteiger partial charge in [-0.1, -0.05) is 30.3 Å². The molecule has 0 fully saturated rings. The summed E-state index contributed by atoms with van der Waals surface area (Å²) >= 11 is 0.